The topological polar surface area (TPSA) is 42.9 Å². The van der Waals surface area contributed by atoms with Gasteiger partial charge in [-0.1, -0.05) is 0 Å². The van der Waals surface area contributed by atoms with E-state index in [-0.39, 0.29) is 12.0 Å². The second-order valence-electron chi connectivity index (χ2n) is 2.65. The summed E-state index contributed by atoms with van der Waals surface area (Å²) in [4.78, 5) is 10.9. The van der Waals surface area contributed by atoms with E-state index in [0.29, 0.717) is 0 Å². The molecule has 0 spiro atoms. The highest BCUT2D eigenvalue weighted by Crippen LogP contribution is 2.01. The Balaban J connectivity index is 2.31. The van der Waals surface area contributed by atoms with Crippen LogP contribution in [-0.4, -0.2) is 25.7 Å². The summed E-state index contributed by atoms with van der Waals surface area (Å²) in [7, 11) is 1.45. The van der Waals surface area contributed by atoms with Gasteiger partial charge in [-0.2, -0.15) is 0 Å². The minimum Gasteiger partial charge on any atom is -0.465 e. The maximum atomic E-state index is 10.9. The molecule has 0 amide bonds. The van der Waals surface area contributed by atoms with Crippen molar-refractivity contribution in [1.82, 2.24) is 0 Å². The predicted octanol–water partition coefficient (Wildman–Crippen LogP) is -0.725. The van der Waals surface area contributed by atoms with Crippen LogP contribution < -0.4 is 5.32 Å². The molecule has 10 heavy (non-hydrogen) atoms. The highest BCUT2D eigenvalue weighted by atomic mass is 16.5. The Morgan fingerprint density at radius 2 is 2.40 bits per heavy atom. The van der Waals surface area contributed by atoms with Gasteiger partial charge in [0, 0.05) is 6.42 Å². The van der Waals surface area contributed by atoms with E-state index in [9.17, 15) is 4.79 Å². The number of nitrogens with two attached hydrogens (primary N) is 1. The van der Waals surface area contributed by atoms with Crippen LogP contribution in [0.1, 0.15) is 19.3 Å². The van der Waals surface area contributed by atoms with E-state index in [1.54, 1.807) is 0 Å². The van der Waals surface area contributed by atoms with Crippen LogP contribution in [0.5, 0.6) is 0 Å². The normalized spacial score (nSPS) is 25.9. The fourth-order valence-electron chi connectivity index (χ4n) is 1.31. The lowest BCUT2D eigenvalue weighted by molar-refractivity contribution is -0.686. The summed E-state index contributed by atoms with van der Waals surface area (Å²) in [5, 5.41) is 2.06. The highest BCUT2D eigenvalue weighted by molar-refractivity contribution is 5.73. The van der Waals surface area contributed by atoms with Gasteiger partial charge in [-0.05, 0) is 12.8 Å². The molecule has 1 saturated heterocycles. The fourth-order valence-corrected chi connectivity index (χ4v) is 1.31. The molecule has 1 atom stereocenters. The van der Waals surface area contributed by atoms with Crippen molar-refractivity contribution in [1.29, 1.82) is 0 Å². The molecule has 1 rings (SSSR count). The maximum Gasteiger partial charge on any atom is 0.364 e. The van der Waals surface area contributed by atoms with Crippen LogP contribution in [0.15, 0.2) is 0 Å². The first kappa shape index (κ1) is 7.54. The van der Waals surface area contributed by atoms with Gasteiger partial charge >= 0.3 is 5.97 Å². The molecular formula is C7H14NO2+. The average molecular weight is 144 g/mol. The molecule has 58 valence electrons. The summed E-state index contributed by atoms with van der Waals surface area (Å²) in [6, 6.07) is 0.0822. The molecule has 0 aromatic rings. The number of ether oxygens (including phenoxy) is 1. The first-order chi connectivity index (χ1) is 4.84. The number of carbonyl (C=O) groups is 1. The van der Waals surface area contributed by atoms with Crippen molar-refractivity contribution in [2.75, 3.05) is 13.7 Å². The second kappa shape index (κ2) is 3.56. The first-order valence-corrected chi connectivity index (χ1v) is 3.76. The predicted molar refractivity (Wildman–Crippen MR) is 36.4 cm³/mol. The average Bonchev–Trinajstić information content (AvgIpc) is 2.05. The van der Waals surface area contributed by atoms with Crippen molar-refractivity contribution in [3.8, 4) is 0 Å². The molecule has 0 aromatic heterocycles. The Morgan fingerprint density at radius 3 is 2.90 bits per heavy atom. The highest BCUT2D eigenvalue weighted by Gasteiger charge is 2.24. The van der Waals surface area contributed by atoms with E-state index < -0.39 is 0 Å². The lowest BCUT2D eigenvalue weighted by atomic mass is 10.1. The number of carbonyl (C=O) groups excluding carboxylic acids is 1. The van der Waals surface area contributed by atoms with Crippen LogP contribution in [0.25, 0.3) is 0 Å². The van der Waals surface area contributed by atoms with E-state index in [4.69, 9.17) is 0 Å². The van der Waals surface area contributed by atoms with E-state index in [1.807, 2.05) is 0 Å². The molecule has 1 fully saturated rings. The number of rotatable bonds is 1. The number of piperidine rings is 1. The number of hydrogen-bond donors (Lipinski definition) is 1. The zero-order chi connectivity index (χ0) is 7.40. The third-order valence-electron chi connectivity index (χ3n) is 1.92. The van der Waals surface area contributed by atoms with Crippen molar-refractivity contribution >= 4 is 5.97 Å². The second-order valence-corrected chi connectivity index (χ2v) is 2.65. The molecule has 0 radical (unpaired) electrons. The van der Waals surface area contributed by atoms with E-state index in [0.717, 1.165) is 19.4 Å². The fraction of sp³-hybridized carbons (Fsp3) is 0.857. The number of methoxy groups -OCH3 is 1. The van der Waals surface area contributed by atoms with Gasteiger partial charge in [-0.3, -0.25) is 0 Å². The van der Waals surface area contributed by atoms with Crippen LogP contribution in [0.4, 0.5) is 0 Å². The monoisotopic (exact) mass is 144 g/mol. The van der Waals surface area contributed by atoms with Gasteiger partial charge < -0.3 is 10.1 Å². The molecule has 0 aliphatic carbocycles. The van der Waals surface area contributed by atoms with Crippen molar-refractivity contribution < 1.29 is 14.8 Å². The number of hydrogen-bond acceptors (Lipinski definition) is 2. The SMILES string of the molecule is COC(=O)[C@H]1CCCC[NH2+]1. The van der Waals surface area contributed by atoms with Crippen LogP contribution in [0, 0.1) is 0 Å². The Kier molecular flexibility index (Phi) is 2.68. The summed E-state index contributed by atoms with van der Waals surface area (Å²) < 4.78 is 4.62. The van der Waals surface area contributed by atoms with Crippen molar-refractivity contribution in [2.24, 2.45) is 0 Å². The van der Waals surface area contributed by atoms with E-state index >= 15 is 0 Å². The molecule has 3 heteroatoms. The van der Waals surface area contributed by atoms with Gasteiger partial charge in [0.2, 0.25) is 0 Å². The molecule has 0 bridgehead atoms. The summed E-state index contributed by atoms with van der Waals surface area (Å²) in [6.07, 6.45) is 3.37. The van der Waals surface area contributed by atoms with Crippen molar-refractivity contribution in [3.63, 3.8) is 0 Å². The number of esters is 1. The third kappa shape index (κ3) is 1.70. The van der Waals surface area contributed by atoms with E-state index in [1.165, 1.54) is 13.5 Å². The molecule has 1 heterocycles. The largest absolute Gasteiger partial charge is 0.465 e. The Morgan fingerprint density at radius 1 is 1.60 bits per heavy atom. The zero-order valence-electron chi connectivity index (χ0n) is 6.30. The molecule has 3 nitrogen and oxygen atoms in total. The third-order valence-corrected chi connectivity index (χ3v) is 1.92. The van der Waals surface area contributed by atoms with Gasteiger partial charge in [-0.15, -0.1) is 0 Å². The van der Waals surface area contributed by atoms with Crippen molar-refractivity contribution in [3.05, 3.63) is 0 Å². The molecule has 1 aliphatic rings. The van der Waals surface area contributed by atoms with Gasteiger partial charge in [0.05, 0.1) is 13.7 Å². The van der Waals surface area contributed by atoms with Crippen molar-refractivity contribution in [2.45, 2.75) is 25.3 Å². The molecular weight excluding hydrogens is 130 g/mol. The van der Waals surface area contributed by atoms with E-state index in [2.05, 4.69) is 10.1 Å². The van der Waals surface area contributed by atoms with Crippen LogP contribution in [0.3, 0.4) is 0 Å². The quantitative estimate of drug-likeness (QED) is 0.493. The zero-order valence-corrected chi connectivity index (χ0v) is 6.30. The molecule has 0 aromatic carbocycles. The van der Waals surface area contributed by atoms with Gasteiger partial charge in [0.15, 0.2) is 6.04 Å². The van der Waals surface area contributed by atoms with Gasteiger partial charge in [0.1, 0.15) is 0 Å². The lowest BCUT2D eigenvalue weighted by Crippen LogP contribution is -2.93. The summed E-state index contributed by atoms with van der Waals surface area (Å²) in [5.41, 5.74) is 0. The van der Waals surface area contributed by atoms with Crippen LogP contribution in [0.2, 0.25) is 0 Å². The molecule has 1 aliphatic heterocycles. The Bertz CT molecular complexity index is 119. The minimum absolute atomic E-state index is 0.0697. The summed E-state index contributed by atoms with van der Waals surface area (Å²) >= 11 is 0. The molecule has 0 saturated carbocycles. The lowest BCUT2D eigenvalue weighted by Gasteiger charge is -2.17. The van der Waals surface area contributed by atoms with Crippen LogP contribution >= 0.6 is 0 Å². The smallest absolute Gasteiger partial charge is 0.364 e. The maximum absolute atomic E-state index is 10.9. The Hall–Kier alpha value is -0.570. The number of quaternary nitrogens is 1. The van der Waals surface area contributed by atoms with Gasteiger partial charge in [-0.25, -0.2) is 4.79 Å². The molecule has 0 unspecified atom stereocenters. The van der Waals surface area contributed by atoms with Crippen LogP contribution in [-0.2, 0) is 9.53 Å². The summed E-state index contributed by atoms with van der Waals surface area (Å²) in [5.74, 6) is -0.0697. The standard InChI is InChI=1S/C7H13NO2/c1-10-7(9)6-4-2-3-5-8-6/h6,8H,2-5H2,1H3/p+1/t6-/m1/s1. The van der Waals surface area contributed by atoms with Gasteiger partial charge in [0.25, 0.3) is 0 Å². The molecule has 2 N–H and O–H groups in total. The summed E-state index contributed by atoms with van der Waals surface area (Å²) in [6.45, 7) is 1.07. The first-order valence-electron chi connectivity index (χ1n) is 3.76. The minimum atomic E-state index is -0.0697. The Labute approximate surface area is 60.7 Å².